The van der Waals surface area contributed by atoms with Gasteiger partial charge >= 0.3 is 0 Å². The molecule has 9 heteroatoms. The third-order valence-corrected chi connectivity index (χ3v) is 4.29. The Morgan fingerprint density at radius 2 is 2.15 bits per heavy atom. The average Bonchev–Trinajstić information content (AvgIpc) is 2.84. The molecule has 0 saturated heterocycles. The SMILES string of the molecule is Cn1nccc1CCNS(=O)(=O)c1cccnc1NN. The van der Waals surface area contributed by atoms with Gasteiger partial charge in [0.2, 0.25) is 10.0 Å². The molecule has 0 atom stereocenters. The number of nitrogens with one attached hydrogen (secondary N) is 2. The molecule has 0 saturated carbocycles. The minimum Gasteiger partial charge on any atom is -0.307 e. The molecule has 0 amide bonds. The molecule has 4 N–H and O–H groups in total. The monoisotopic (exact) mass is 296 g/mol. The number of aromatic nitrogens is 3. The summed E-state index contributed by atoms with van der Waals surface area (Å²) in [7, 11) is -1.85. The van der Waals surface area contributed by atoms with Crippen molar-refractivity contribution < 1.29 is 8.42 Å². The Labute approximate surface area is 117 Å². The molecule has 2 heterocycles. The van der Waals surface area contributed by atoms with Crippen molar-refractivity contribution in [2.24, 2.45) is 12.9 Å². The van der Waals surface area contributed by atoms with E-state index in [1.54, 1.807) is 17.9 Å². The molecular formula is C11H16N6O2S. The summed E-state index contributed by atoms with van der Waals surface area (Å²) < 4.78 is 28.5. The van der Waals surface area contributed by atoms with E-state index in [0.717, 1.165) is 5.69 Å². The molecule has 20 heavy (non-hydrogen) atoms. The van der Waals surface area contributed by atoms with Crippen LogP contribution in [0.5, 0.6) is 0 Å². The zero-order valence-corrected chi connectivity index (χ0v) is 11.8. The fourth-order valence-electron chi connectivity index (χ4n) is 1.75. The first-order valence-electron chi connectivity index (χ1n) is 5.93. The van der Waals surface area contributed by atoms with Crippen LogP contribution in [0.2, 0.25) is 0 Å². The Balaban J connectivity index is 2.06. The number of aryl methyl sites for hydroxylation is 1. The van der Waals surface area contributed by atoms with Gasteiger partial charge in [-0.3, -0.25) is 4.68 Å². The average molecular weight is 296 g/mol. The summed E-state index contributed by atoms with van der Waals surface area (Å²) in [5.41, 5.74) is 3.21. The third kappa shape index (κ3) is 3.13. The van der Waals surface area contributed by atoms with E-state index in [0.29, 0.717) is 6.42 Å². The van der Waals surface area contributed by atoms with E-state index in [1.165, 1.54) is 18.3 Å². The predicted molar refractivity (Wildman–Crippen MR) is 74.1 cm³/mol. The number of nitrogen functional groups attached to an aromatic ring is 1. The fourth-order valence-corrected chi connectivity index (χ4v) is 2.90. The number of hydrazine groups is 1. The van der Waals surface area contributed by atoms with E-state index in [4.69, 9.17) is 5.84 Å². The highest BCUT2D eigenvalue weighted by Crippen LogP contribution is 2.16. The van der Waals surface area contributed by atoms with E-state index < -0.39 is 10.0 Å². The first-order chi connectivity index (χ1) is 9.54. The summed E-state index contributed by atoms with van der Waals surface area (Å²) in [6, 6.07) is 4.82. The summed E-state index contributed by atoms with van der Waals surface area (Å²) in [6.07, 6.45) is 3.67. The highest BCUT2D eigenvalue weighted by Gasteiger charge is 2.18. The summed E-state index contributed by atoms with van der Waals surface area (Å²) in [6.45, 7) is 0.265. The first kappa shape index (κ1) is 14.4. The summed E-state index contributed by atoms with van der Waals surface area (Å²) in [5.74, 6) is 5.37. The lowest BCUT2D eigenvalue weighted by Crippen LogP contribution is -2.28. The van der Waals surface area contributed by atoms with E-state index in [9.17, 15) is 8.42 Å². The van der Waals surface area contributed by atoms with Crippen LogP contribution in [-0.4, -0.2) is 29.7 Å². The van der Waals surface area contributed by atoms with Crippen LogP contribution >= 0.6 is 0 Å². The highest BCUT2D eigenvalue weighted by atomic mass is 32.2. The number of rotatable bonds is 6. The lowest BCUT2D eigenvalue weighted by atomic mass is 10.3. The molecule has 108 valence electrons. The smallest absolute Gasteiger partial charge is 0.244 e. The van der Waals surface area contributed by atoms with Gasteiger partial charge in [-0.25, -0.2) is 24.0 Å². The number of sulfonamides is 1. The molecular weight excluding hydrogens is 280 g/mol. The molecule has 2 rings (SSSR count). The third-order valence-electron chi connectivity index (χ3n) is 2.79. The minimum absolute atomic E-state index is 0.0208. The first-order valence-corrected chi connectivity index (χ1v) is 7.41. The molecule has 0 fully saturated rings. The van der Waals surface area contributed by atoms with E-state index in [-0.39, 0.29) is 17.3 Å². The quantitative estimate of drug-likeness (QED) is 0.494. The maximum atomic E-state index is 12.2. The topological polar surface area (TPSA) is 115 Å². The van der Waals surface area contributed by atoms with Crippen molar-refractivity contribution in [1.29, 1.82) is 0 Å². The molecule has 0 aromatic carbocycles. The van der Waals surface area contributed by atoms with Crippen LogP contribution in [0.15, 0.2) is 35.5 Å². The molecule has 0 bridgehead atoms. The largest absolute Gasteiger partial charge is 0.307 e. The van der Waals surface area contributed by atoms with Crippen LogP contribution in [0.25, 0.3) is 0 Å². The molecule has 0 aliphatic carbocycles. The molecule has 0 aliphatic rings. The Morgan fingerprint density at radius 3 is 2.80 bits per heavy atom. The van der Waals surface area contributed by atoms with Crippen LogP contribution in [-0.2, 0) is 23.5 Å². The van der Waals surface area contributed by atoms with Gasteiger partial charge in [0, 0.05) is 38.1 Å². The van der Waals surface area contributed by atoms with Gasteiger partial charge in [-0.15, -0.1) is 0 Å². The van der Waals surface area contributed by atoms with Crippen LogP contribution in [0.3, 0.4) is 0 Å². The van der Waals surface area contributed by atoms with Gasteiger partial charge in [0.1, 0.15) is 4.90 Å². The number of nitrogens with zero attached hydrogens (tertiary/aromatic N) is 3. The van der Waals surface area contributed by atoms with Crippen LogP contribution < -0.4 is 16.0 Å². The highest BCUT2D eigenvalue weighted by molar-refractivity contribution is 7.89. The molecule has 2 aromatic heterocycles. The Kier molecular flexibility index (Phi) is 4.32. The minimum atomic E-state index is -3.65. The van der Waals surface area contributed by atoms with Gasteiger partial charge in [0.25, 0.3) is 0 Å². The van der Waals surface area contributed by atoms with Crippen molar-refractivity contribution in [1.82, 2.24) is 19.5 Å². The van der Waals surface area contributed by atoms with Crippen molar-refractivity contribution >= 4 is 15.8 Å². The zero-order valence-electron chi connectivity index (χ0n) is 10.9. The number of hydrogen-bond acceptors (Lipinski definition) is 6. The van der Waals surface area contributed by atoms with Crippen molar-refractivity contribution in [2.45, 2.75) is 11.3 Å². The van der Waals surface area contributed by atoms with Crippen LogP contribution in [0.4, 0.5) is 5.82 Å². The Bertz CT molecular complexity index is 682. The predicted octanol–water partition coefficient (Wildman–Crippen LogP) is -0.378. The Morgan fingerprint density at radius 1 is 1.35 bits per heavy atom. The number of nitrogens with two attached hydrogens (primary N) is 1. The van der Waals surface area contributed by atoms with Gasteiger partial charge in [-0.2, -0.15) is 5.10 Å². The lowest BCUT2D eigenvalue weighted by Gasteiger charge is -2.10. The molecule has 2 aromatic rings. The second-order valence-corrected chi connectivity index (χ2v) is 5.82. The van der Waals surface area contributed by atoms with Crippen LogP contribution in [0, 0.1) is 0 Å². The van der Waals surface area contributed by atoms with Gasteiger partial charge in [0.15, 0.2) is 5.82 Å². The maximum absolute atomic E-state index is 12.2. The second-order valence-electron chi connectivity index (χ2n) is 4.09. The maximum Gasteiger partial charge on any atom is 0.244 e. The molecule has 0 unspecified atom stereocenters. The number of hydrogen-bond donors (Lipinski definition) is 3. The molecule has 0 spiro atoms. The molecule has 0 aliphatic heterocycles. The number of anilines is 1. The lowest BCUT2D eigenvalue weighted by molar-refractivity contribution is 0.579. The summed E-state index contributed by atoms with van der Waals surface area (Å²) in [5, 5.41) is 4.02. The standard InChI is InChI=1S/C11H16N6O2S/c1-17-9(4-7-14-17)5-8-15-20(18,19)10-3-2-6-13-11(10)16-12/h2-4,6-7,15H,5,8,12H2,1H3,(H,13,16). The second kappa shape index (κ2) is 5.99. The van der Waals surface area contributed by atoms with E-state index in [1.807, 2.05) is 6.07 Å². The Hall–Kier alpha value is -1.97. The molecule has 0 radical (unpaired) electrons. The van der Waals surface area contributed by atoms with E-state index >= 15 is 0 Å². The van der Waals surface area contributed by atoms with Gasteiger partial charge < -0.3 is 5.43 Å². The fraction of sp³-hybridized carbons (Fsp3) is 0.273. The van der Waals surface area contributed by atoms with Crippen molar-refractivity contribution in [3.63, 3.8) is 0 Å². The number of pyridine rings is 1. The van der Waals surface area contributed by atoms with Gasteiger partial charge in [0.05, 0.1) is 0 Å². The van der Waals surface area contributed by atoms with Gasteiger partial charge in [-0.05, 0) is 18.2 Å². The molecule has 8 nitrogen and oxygen atoms in total. The van der Waals surface area contributed by atoms with Crippen molar-refractivity contribution in [3.8, 4) is 0 Å². The van der Waals surface area contributed by atoms with Crippen LogP contribution in [0.1, 0.15) is 5.69 Å². The summed E-state index contributed by atoms with van der Waals surface area (Å²) >= 11 is 0. The van der Waals surface area contributed by atoms with Crippen molar-refractivity contribution in [3.05, 3.63) is 36.3 Å². The van der Waals surface area contributed by atoms with Gasteiger partial charge in [-0.1, -0.05) is 0 Å². The zero-order chi connectivity index (χ0) is 14.6. The van der Waals surface area contributed by atoms with E-state index in [2.05, 4.69) is 20.2 Å². The normalized spacial score (nSPS) is 11.5. The van der Waals surface area contributed by atoms with Crippen molar-refractivity contribution in [2.75, 3.05) is 12.0 Å². The summed E-state index contributed by atoms with van der Waals surface area (Å²) in [4.78, 5) is 3.89.